The molecule has 0 saturated carbocycles. The van der Waals surface area contributed by atoms with Crippen LogP contribution in [-0.4, -0.2) is 22.0 Å². The molecule has 0 spiro atoms. The van der Waals surface area contributed by atoms with Gasteiger partial charge in [0.05, 0.1) is 5.41 Å². The van der Waals surface area contributed by atoms with Gasteiger partial charge in [-0.05, 0) is 47.5 Å². The smallest absolute Gasteiger partial charge is 0.248 e. The van der Waals surface area contributed by atoms with E-state index in [-0.39, 0.29) is 17.6 Å². The Morgan fingerprint density at radius 3 is 2.53 bits per heavy atom. The van der Waals surface area contributed by atoms with Crippen LogP contribution in [0.5, 0.6) is 0 Å². The van der Waals surface area contributed by atoms with Crippen molar-refractivity contribution in [2.75, 3.05) is 5.32 Å². The SMILES string of the molecule is CC(C)(C(=O)Nc1nncs1)C(c1cccc(F)c1)c1ccc(Cc2ccc(C(N)=O)cc2)s1. The summed E-state index contributed by atoms with van der Waals surface area (Å²) in [6, 6.07) is 17.6. The minimum Gasteiger partial charge on any atom is -0.366 e. The molecule has 9 heteroatoms. The van der Waals surface area contributed by atoms with Crippen LogP contribution in [0.25, 0.3) is 0 Å². The summed E-state index contributed by atoms with van der Waals surface area (Å²) < 4.78 is 14.2. The Kier molecular flexibility index (Phi) is 6.85. The Bertz CT molecular complexity index is 1300. The number of carbonyl (C=O) groups excluding carboxylic acids is 2. The summed E-state index contributed by atoms with van der Waals surface area (Å²) in [4.78, 5) is 26.6. The summed E-state index contributed by atoms with van der Waals surface area (Å²) in [6.07, 6.45) is 0.664. The van der Waals surface area contributed by atoms with E-state index in [1.807, 2.05) is 44.2 Å². The number of rotatable bonds is 8. The molecule has 3 N–H and O–H groups in total. The number of aromatic nitrogens is 2. The van der Waals surface area contributed by atoms with Crippen molar-refractivity contribution in [1.29, 1.82) is 0 Å². The van der Waals surface area contributed by atoms with Crippen LogP contribution in [0, 0.1) is 11.2 Å². The van der Waals surface area contributed by atoms with Gasteiger partial charge in [0.25, 0.3) is 0 Å². The van der Waals surface area contributed by atoms with E-state index in [1.54, 1.807) is 35.0 Å². The van der Waals surface area contributed by atoms with Crippen LogP contribution >= 0.6 is 22.7 Å². The van der Waals surface area contributed by atoms with Crippen LogP contribution < -0.4 is 11.1 Å². The number of amides is 2. The standard InChI is InChI=1S/C25H23FN4O2S2/c1-25(2,23(32)29-24-30-28-14-33-24)21(17-4-3-5-18(26)13-17)20-11-10-19(34-20)12-15-6-8-16(9-7-15)22(27)31/h3-11,13-14,21H,12H2,1-2H3,(H2,27,31)(H,29,30,32). The van der Waals surface area contributed by atoms with Crippen molar-refractivity contribution in [2.24, 2.45) is 11.1 Å². The quantitative estimate of drug-likeness (QED) is 0.351. The molecule has 0 aliphatic heterocycles. The number of nitrogens with zero attached hydrogens (tertiary/aromatic N) is 2. The predicted molar refractivity (Wildman–Crippen MR) is 133 cm³/mol. The Morgan fingerprint density at radius 1 is 1.12 bits per heavy atom. The molecule has 0 aliphatic carbocycles. The minimum absolute atomic E-state index is 0.226. The van der Waals surface area contributed by atoms with Crippen molar-refractivity contribution in [1.82, 2.24) is 10.2 Å². The Morgan fingerprint density at radius 2 is 1.88 bits per heavy atom. The molecule has 4 aromatic rings. The van der Waals surface area contributed by atoms with Crippen LogP contribution in [0.3, 0.4) is 0 Å². The highest BCUT2D eigenvalue weighted by Crippen LogP contribution is 2.44. The lowest BCUT2D eigenvalue weighted by Crippen LogP contribution is -2.36. The van der Waals surface area contributed by atoms with Crippen molar-refractivity contribution >= 4 is 39.6 Å². The molecule has 6 nitrogen and oxygen atoms in total. The second kappa shape index (κ2) is 9.82. The number of nitrogens with two attached hydrogens (primary N) is 1. The number of anilines is 1. The van der Waals surface area contributed by atoms with Gasteiger partial charge in [0.15, 0.2) is 0 Å². The number of hydrogen-bond acceptors (Lipinski definition) is 6. The van der Waals surface area contributed by atoms with Crippen LogP contribution in [-0.2, 0) is 11.2 Å². The van der Waals surface area contributed by atoms with Gasteiger partial charge in [-0.25, -0.2) is 4.39 Å². The molecular weight excluding hydrogens is 471 g/mol. The molecule has 0 radical (unpaired) electrons. The minimum atomic E-state index is -0.912. The molecule has 0 bridgehead atoms. The first-order valence-electron chi connectivity index (χ1n) is 10.5. The summed E-state index contributed by atoms with van der Waals surface area (Å²) in [7, 11) is 0. The molecule has 34 heavy (non-hydrogen) atoms. The molecule has 0 saturated heterocycles. The molecule has 2 heterocycles. The first kappa shape index (κ1) is 23.7. The zero-order valence-electron chi connectivity index (χ0n) is 18.6. The molecule has 2 aromatic carbocycles. The lowest BCUT2D eigenvalue weighted by molar-refractivity contribution is -0.124. The maximum absolute atomic E-state index is 14.2. The third-order valence-corrected chi connectivity index (χ3v) is 7.41. The summed E-state index contributed by atoms with van der Waals surface area (Å²) in [6.45, 7) is 3.70. The van der Waals surface area contributed by atoms with E-state index in [9.17, 15) is 14.0 Å². The third kappa shape index (κ3) is 5.21. The third-order valence-electron chi connectivity index (χ3n) is 5.65. The van der Waals surface area contributed by atoms with Crippen molar-refractivity contribution in [3.8, 4) is 0 Å². The molecule has 2 aromatic heterocycles. The van der Waals surface area contributed by atoms with Crippen molar-refractivity contribution in [2.45, 2.75) is 26.2 Å². The monoisotopic (exact) mass is 494 g/mol. The van der Waals surface area contributed by atoms with E-state index in [1.165, 1.54) is 23.5 Å². The average molecular weight is 495 g/mol. The van der Waals surface area contributed by atoms with Gasteiger partial charge in [0.2, 0.25) is 16.9 Å². The molecule has 1 unspecified atom stereocenters. The molecule has 4 rings (SSSR count). The highest BCUT2D eigenvalue weighted by molar-refractivity contribution is 7.13. The fraction of sp³-hybridized carbons (Fsp3) is 0.200. The molecular formula is C25H23FN4O2S2. The largest absolute Gasteiger partial charge is 0.366 e. The molecule has 0 fully saturated rings. The fourth-order valence-electron chi connectivity index (χ4n) is 3.87. The Hall–Kier alpha value is -3.43. The Balaban J connectivity index is 1.65. The van der Waals surface area contributed by atoms with E-state index in [0.717, 1.165) is 20.9 Å². The maximum atomic E-state index is 14.2. The predicted octanol–water partition coefficient (Wildman–Crippen LogP) is 5.23. The number of nitrogens with one attached hydrogen (secondary N) is 1. The Labute approximate surface area is 204 Å². The van der Waals surface area contributed by atoms with Gasteiger partial charge >= 0.3 is 0 Å². The molecule has 174 valence electrons. The van der Waals surface area contributed by atoms with E-state index < -0.39 is 11.3 Å². The van der Waals surface area contributed by atoms with Gasteiger partial charge in [-0.15, -0.1) is 21.5 Å². The van der Waals surface area contributed by atoms with Gasteiger partial charge in [0, 0.05) is 27.7 Å². The second-order valence-electron chi connectivity index (χ2n) is 8.45. The van der Waals surface area contributed by atoms with Gasteiger partial charge in [-0.2, -0.15) is 0 Å². The zero-order chi connectivity index (χ0) is 24.3. The number of thiophene rings is 1. The number of hydrogen-bond donors (Lipinski definition) is 2. The first-order valence-corrected chi connectivity index (χ1v) is 12.2. The fourth-order valence-corrected chi connectivity index (χ4v) is 5.67. The van der Waals surface area contributed by atoms with Crippen LogP contribution in [0.1, 0.15) is 51.0 Å². The van der Waals surface area contributed by atoms with Gasteiger partial charge in [-0.1, -0.05) is 49.4 Å². The lowest BCUT2D eigenvalue weighted by Gasteiger charge is -2.32. The van der Waals surface area contributed by atoms with Gasteiger partial charge in [0.1, 0.15) is 11.3 Å². The molecule has 2 amide bonds. The van der Waals surface area contributed by atoms with E-state index >= 15 is 0 Å². The van der Waals surface area contributed by atoms with Gasteiger partial charge in [-0.3, -0.25) is 9.59 Å². The van der Waals surface area contributed by atoms with Crippen LogP contribution in [0.2, 0.25) is 0 Å². The highest BCUT2D eigenvalue weighted by Gasteiger charge is 2.40. The number of primary amides is 1. The van der Waals surface area contributed by atoms with E-state index in [0.29, 0.717) is 17.1 Å². The van der Waals surface area contributed by atoms with Crippen LogP contribution in [0.15, 0.2) is 66.2 Å². The topological polar surface area (TPSA) is 98.0 Å². The van der Waals surface area contributed by atoms with E-state index in [4.69, 9.17) is 5.73 Å². The summed E-state index contributed by atoms with van der Waals surface area (Å²) in [5, 5.41) is 10.9. The zero-order valence-corrected chi connectivity index (χ0v) is 20.3. The lowest BCUT2D eigenvalue weighted by atomic mass is 9.73. The first-order chi connectivity index (χ1) is 16.2. The van der Waals surface area contributed by atoms with Crippen molar-refractivity contribution in [3.05, 3.63) is 98.4 Å². The van der Waals surface area contributed by atoms with Crippen molar-refractivity contribution in [3.63, 3.8) is 0 Å². The maximum Gasteiger partial charge on any atom is 0.248 e. The van der Waals surface area contributed by atoms with Crippen molar-refractivity contribution < 1.29 is 14.0 Å². The van der Waals surface area contributed by atoms with Crippen LogP contribution in [0.4, 0.5) is 9.52 Å². The number of carbonyl (C=O) groups is 2. The molecule has 1 atom stereocenters. The van der Waals surface area contributed by atoms with E-state index in [2.05, 4.69) is 15.5 Å². The average Bonchev–Trinajstić information content (AvgIpc) is 3.46. The van der Waals surface area contributed by atoms with Gasteiger partial charge < -0.3 is 11.1 Å². The number of benzene rings is 2. The highest BCUT2D eigenvalue weighted by atomic mass is 32.1. The summed E-state index contributed by atoms with van der Waals surface area (Å²) in [5.74, 6) is -1.42. The normalized spacial score (nSPS) is 12.3. The summed E-state index contributed by atoms with van der Waals surface area (Å²) in [5.41, 5.74) is 8.18. The molecule has 0 aliphatic rings. The number of halogens is 1. The second-order valence-corrected chi connectivity index (χ2v) is 10.5. The summed E-state index contributed by atoms with van der Waals surface area (Å²) >= 11 is 2.82.